The van der Waals surface area contributed by atoms with Crippen LogP contribution in [-0.4, -0.2) is 36.3 Å². The van der Waals surface area contributed by atoms with E-state index in [0.717, 1.165) is 12.0 Å². The molecule has 25 heavy (non-hydrogen) atoms. The molecule has 1 N–H and O–H groups in total. The van der Waals surface area contributed by atoms with Crippen LogP contribution in [0, 0.1) is 0 Å². The number of carbonyl (C=O) groups excluding carboxylic acids is 2. The largest absolute Gasteiger partial charge is 0.418 e. The summed E-state index contributed by atoms with van der Waals surface area (Å²) in [5, 5.41) is 10.8. The number of amides is 1. The number of nitrogens with one attached hydrogen (secondary N) is 1. The van der Waals surface area contributed by atoms with E-state index in [1.54, 1.807) is 23.8 Å². The summed E-state index contributed by atoms with van der Waals surface area (Å²) in [6.07, 6.45) is 6.18. The van der Waals surface area contributed by atoms with Gasteiger partial charge in [-0.25, -0.2) is 14.3 Å². The molecule has 1 saturated carbocycles. The van der Waals surface area contributed by atoms with Gasteiger partial charge in [0.1, 0.15) is 12.1 Å². The zero-order valence-electron chi connectivity index (χ0n) is 13.5. The summed E-state index contributed by atoms with van der Waals surface area (Å²) < 4.78 is 8.28. The van der Waals surface area contributed by atoms with Crippen molar-refractivity contribution in [3.05, 3.63) is 36.4 Å². The van der Waals surface area contributed by atoms with E-state index in [0.29, 0.717) is 24.2 Å². The van der Waals surface area contributed by atoms with Gasteiger partial charge < -0.3 is 4.74 Å². The minimum Gasteiger partial charge on any atom is -0.389 e. The highest BCUT2D eigenvalue weighted by Gasteiger charge is 2.25. The molecule has 1 aliphatic carbocycles. The lowest BCUT2D eigenvalue weighted by Gasteiger charge is -2.12. The quantitative estimate of drug-likeness (QED) is 0.781. The first-order chi connectivity index (χ1) is 12.1. The van der Waals surface area contributed by atoms with Crippen molar-refractivity contribution < 1.29 is 14.3 Å². The van der Waals surface area contributed by atoms with E-state index < -0.39 is 6.09 Å². The van der Waals surface area contributed by atoms with Gasteiger partial charge in [-0.1, -0.05) is 0 Å². The van der Waals surface area contributed by atoms with Crippen LogP contribution in [0.25, 0.3) is 5.65 Å². The van der Waals surface area contributed by atoms with Crippen LogP contribution in [0.15, 0.2) is 30.9 Å². The lowest BCUT2D eigenvalue weighted by Crippen LogP contribution is -2.18. The van der Waals surface area contributed by atoms with Crippen molar-refractivity contribution >= 4 is 23.2 Å². The van der Waals surface area contributed by atoms with E-state index in [4.69, 9.17) is 4.74 Å². The second-order valence-corrected chi connectivity index (χ2v) is 6.04. The van der Waals surface area contributed by atoms with Gasteiger partial charge in [0.05, 0.1) is 5.69 Å². The molecule has 1 amide bonds. The third-order valence-corrected chi connectivity index (χ3v) is 4.24. The van der Waals surface area contributed by atoms with Crippen molar-refractivity contribution in [2.75, 3.05) is 5.32 Å². The smallest absolute Gasteiger partial charge is 0.389 e. The molecule has 9 heteroatoms. The molecule has 1 unspecified atom stereocenters. The third kappa shape index (κ3) is 3.08. The first kappa shape index (κ1) is 15.3. The van der Waals surface area contributed by atoms with Crippen molar-refractivity contribution in [1.29, 1.82) is 0 Å². The Morgan fingerprint density at radius 3 is 3.04 bits per heavy atom. The summed E-state index contributed by atoms with van der Waals surface area (Å²) in [7, 11) is 1.73. The Bertz CT molecular complexity index is 960. The number of pyridine rings is 1. The van der Waals surface area contributed by atoms with Crippen LogP contribution >= 0.6 is 0 Å². The summed E-state index contributed by atoms with van der Waals surface area (Å²) in [4.78, 5) is 27.9. The number of aromatic nitrogens is 5. The third-order valence-electron chi connectivity index (χ3n) is 4.24. The lowest BCUT2D eigenvalue weighted by atomic mass is 9.99. The fraction of sp³-hybridized carbons (Fsp3) is 0.312. The SMILES string of the molecule is Cn1ccc(OC(=O)Nc2cc(C3CCC(=O)C3)cn3ncnc23)n1. The van der Waals surface area contributed by atoms with Gasteiger partial charge in [-0.2, -0.15) is 5.10 Å². The molecule has 0 saturated heterocycles. The van der Waals surface area contributed by atoms with Gasteiger partial charge in [-0.05, 0) is 24.0 Å². The fourth-order valence-electron chi connectivity index (χ4n) is 3.04. The molecule has 0 bridgehead atoms. The summed E-state index contributed by atoms with van der Waals surface area (Å²) in [5.41, 5.74) is 1.93. The Labute approximate surface area is 142 Å². The van der Waals surface area contributed by atoms with Crippen molar-refractivity contribution in [3.63, 3.8) is 0 Å². The van der Waals surface area contributed by atoms with Crippen LogP contribution in [0.2, 0.25) is 0 Å². The fourth-order valence-corrected chi connectivity index (χ4v) is 3.04. The van der Waals surface area contributed by atoms with Crippen LogP contribution < -0.4 is 10.1 Å². The molecule has 1 atom stereocenters. The normalized spacial score (nSPS) is 17.2. The van der Waals surface area contributed by atoms with Crippen LogP contribution in [0.5, 0.6) is 5.88 Å². The zero-order valence-corrected chi connectivity index (χ0v) is 13.5. The number of ketones is 1. The molecule has 0 radical (unpaired) electrons. The molecule has 0 aliphatic heterocycles. The van der Waals surface area contributed by atoms with E-state index >= 15 is 0 Å². The van der Waals surface area contributed by atoms with Gasteiger partial charge in [-0.15, -0.1) is 5.10 Å². The standard InChI is InChI=1S/C16H16N6O3/c1-21-5-4-14(20-21)25-16(24)19-13-7-11(10-2-3-12(23)6-10)8-22-15(13)17-9-18-22/h4-5,7-10H,2-3,6H2,1H3,(H,19,24). The topological polar surface area (TPSA) is 103 Å². The molecule has 1 fully saturated rings. The number of fused-ring (bicyclic) bond motifs is 1. The predicted molar refractivity (Wildman–Crippen MR) is 87.4 cm³/mol. The first-order valence-corrected chi connectivity index (χ1v) is 7.92. The Hall–Kier alpha value is -3.23. The average Bonchev–Trinajstić information content (AvgIpc) is 3.28. The lowest BCUT2D eigenvalue weighted by molar-refractivity contribution is -0.117. The summed E-state index contributed by atoms with van der Waals surface area (Å²) in [6, 6.07) is 3.42. The Balaban J connectivity index is 1.60. The number of anilines is 1. The minimum atomic E-state index is -0.664. The van der Waals surface area contributed by atoms with Crippen LogP contribution in [0.3, 0.4) is 0 Å². The predicted octanol–water partition coefficient (Wildman–Crippen LogP) is 1.91. The molecule has 3 aromatic rings. The second-order valence-electron chi connectivity index (χ2n) is 6.04. The molecule has 3 aromatic heterocycles. The second kappa shape index (κ2) is 6.00. The van der Waals surface area contributed by atoms with Gasteiger partial charge >= 0.3 is 6.09 Å². The number of ether oxygens (including phenoxy) is 1. The van der Waals surface area contributed by atoms with Crippen molar-refractivity contribution in [2.45, 2.75) is 25.2 Å². The summed E-state index contributed by atoms with van der Waals surface area (Å²) >= 11 is 0. The van der Waals surface area contributed by atoms with E-state index in [-0.39, 0.29) is 17.6 Å². The van der Waals surface area contributed by atoms with Crippen molar-refractivity contribution in [3.8, 4) is 5.88 Å². The monoisotopic (exact) mass is 340 g/mol. The van der Waals surface area contributed by atoms with Gasteiger partial charge in [0.25, 0.3) is 0 Å². The zero-order chi connectivity index (χ0) is 17.4. The number of hydrogen-bond donors (Lipinski definition) is 1. The van der Waals surface area contributed by atoms with E-state index in [1.807, 2.05) is 12.3 Å². The number of hydrogen-bond acceptors (Lipinski definition) is 6. The molecule has 1 aliphatic rings. The summed E-state index contributed by atoms with van der Waals surface area (Å²) in [5.74, 6) is 0.594. The number of nitrogens with zero attached hydrogens (tertiary/aromatic N) is 5. The molecule has 0 aromatic carbocycles. The van der Waals surface area contributed by atoms with E-state index in [1.165, 1.54) is 11.0 Å². The molecular formula is C16H16N6O3. The highest BCUT2D eigenvalue weighted by atomic mass is 16.6. The van der Waals surface area contributed by atoms with Gasteiger partial charge in [-0.3, -0.25) is 14.8 Å². The number of rotatable bonds is 3. The molecule has 0 spiro atoms. The molecule has 4 rings (SSSR count). The van der Waals surface area contributed by atoms with Crippen LogP contribution in [0.1, 0.15) is 30.7 Å². The Morgan fingerprint density at radius 2 is 2.32 bits per heavy atom. The maximum absolute atomic E-state index is 12.1. The Kier molecular flexibility index (Phi) is 3.68. The first-order valence-electron chi connectivity index (χ1n) is 7.92. The van der Waals surface area contributed by atoms with Gasteiger partial charge in [0.15, 0.2) is 5.65 Å². The molecular weight excluding hydrogens is 324 g/mol. The average molecular weight is 340 g/mol. The maximum Gasteiger partial charge on any atom is 0.418 e. The minimum absolute atomic E-state index is 0.133. The van der Waals surface area contributed by atoms with Crippen LogP contribution in [-0.2, 0) is 11.8 Å². The van der Waals surface area contributed by atoms with Crippen molar-refractivity contribution in [1.82, 2.24) is 24.4 Å². The highest BCUT2D eigenvalue weighted by Crippen LogP contribution is 2.33. The molecule has 9 nitrogen and oxygen atoms in total. The maximum atomic E-state index is 12.1. The number of carbonyl (C=O) groups is 2. The number of aryl methyl sites for hydroxylation is 1. The van der Waals surface area contributed by atoms with Gasteiger partial charge in [0.2, 0.25) is 5.88 Å². The molecule has 128 valence electrons. The van der Waals surface area contributed by atoms with Crippen LogP contribution in [0.4, 0.5) is 10.5 Å². The highest BCUT2D eigenvalue weighted by molar-refractivity contribution is 5.90. The molecule has 3 heterocycles. The van der Waals surface area contributed by atoms with E-state index in [2.05, 4.69) is 20.5 Å². The number of Topliss-reactive ketones (excluding diaryl/α,β-unsaturated/α-hetero) is 1. The Morgan fingerprint density at radius 1 is 1.44 bits per heavy atom. The van der Waals surface area contributed by atoms with E-state index in [9.17, 15) is 9.59 Å². The van der Waals surface area contributed by atoms with Gasteiger partial charge in [0, 0.05) is 38.3 Å². The summed E-state index contributed by atoms with van der Waals surface area (Å²) in [6.45, 7) is 0. The van der Waals surface area contributed by atoms with Crippen molar-refractivity contribution in [2.24, 2.45) is 7.05 Å².